The molecule has 1 aliphatic carbocycles. The van der Waals surface area contributed by atoms with E-state index in [1.807, 2.05) is 12.2 Å². The van der Waals surface area contributed by atoms with E-state index in [-0.39, 0.29) is 23.8 Å². The summed E-state index contributed by atoms with van der Waals surface area (Å²) in [6.07, 6.45) is 5.06. The molecule has 0 aromatic carbocycles. The van der Waals surface area contributed by atoms with Crippen LogP contribution in [0.25, 0.3) is 0 Å². The van der Waals surface area contributed by atoms with E-state index >= 15 is 0 Å². The summed E-state index contributed by atoms with van der Waals surface area (Å²) in [6, 6.07) is 0.0714. The molecule has 0 unspecified atom stereocenters. The number of hydrogen-bond acceptors (Lipinski definition) is 3. The maximum Gasteiger partial charge on any atom is 0.306 e. The second-order valence-corrected chi connectivity index (χ2v) is 3.47. The zero-order chi connectivity index (χ0) is 10.6. The molecule has 0 fully saturated rings. The molecule has 0 aromatic heterocycles. The summed E-state index contributed by atoms with van der Waals surface area (Å²) in [5.41, 5.74) is 0. The summed E-state index contributed by atoms with van der Waals surface area (Å²) in [5, 5.41) is 2.79. The molecule has 0 saturated carbocycles. The zero-order valence-corrected chi connectivity index (χ0v) is 8.45. The average Bonchev–Trinajstić information content (AvgIpc) is 2.51. The fraction of sp³-hybridized carbons (Fsp3) is 0.600. The van der Waals surface area contributed by atoms with Crippen LogP contribution >= 0.6 is 0 Å². The maximum absolute atomic E-state index is 11.0. The first-order valence-corrected chi connectivity index (χ1v) is 4.64. The van der Waals surface area contributed by atoms with Crippen LogP contribution in [0.4, 0.5) is 0 Å². The molecule has 1 aliphatic rings. The van der Waals surface area contributed by atoms with Crippen molar-refractivity contribution in [2.75, 3.05) is 7.11 Å². The highest BCUT2D eigenvalue weighted by Crippen LogP contribution is 2.21. The molecule has 0 radical (unpaired) electrons. The molecule has 0 heterocycles. The van der Waals surface area contributed by atoms with Crippen molar-refractivity contribution in [3.63, 3.8) is 0 Å². The summed E-state index contributed by atoms with van der Waals surface area (Å²) >= 11 is 0. The van der Waals surface area contributed by atoms with E-state index in [1.165, 1.54) is 14.0 Å². The number of carbonyl (C=O) groups is 2. The van der Waals surface area contributed by atoms with Crippen LogP contribution in [0, 0.1) is 5.92 Å². The number of allylic oxidation sites excluding steroid dienone is 1. The number of ether oxygens (including phenoxy) is 1. The van der Waals surface area contributed by atoms with E-state index < -0.39 is 0 Å². The van der Waals surface area contributed by atoms with E-state index in [9.17, 15) is 9.59 Å². The molecule has 1 amide bonds. The third kappa shape index (κ3) is 3.20. The minimum atomic E-state index is -0.205. The van der Waals surface area contributed by atoms with Gasteiger partial charge in [0, 0.05) is 13.0 Å². The highest BCUT2D eigenvalue weighted by Gasteiger charge is 2.21. The van der Waals surface area contributed by atoms with Gasteiger partial charge >= 0.3 is 5.97 Å². The van der Waals surface area contributed by atoms with Crippen molar-refractivity contribution in [3.05, 3.63) is 12.2 Å². The van der Waals surface area contributed by atoms with E-state index in [2.05, 4.69) is 10.1 Å². The molecular weight excluding hydrogens is 182 g/mol. The Bertz CT molecular complexity index is 260. The Labute approximate surface area is 83.3 Å². The van der Waals surface area contributed by atoms with Crippen molar-refractivity contribution in [1.82, 2.24) is 5.32 Å². The third-order valence-electron chi connectivity index (χ3n) is 2.22. The Balaban J connectivity index is 2.32. The molecule has 0 spiro atoms. The Morgan fingerprint density at radius 1 is 1.50 bits per heavy atom. The standard InChI is InChI=1S/C10H15NO3/c1-7(12)11-9-4-3-8(5-9)6-10(13)14-2/h3-4,8-9H,5-6H2,1-2H3,(H,11,12)/t8-,9+/m1/s1. The lowest BCUT2D eigenvalue weighted by Crippen LogP contribution is -2.30. The summed E-state index contributed by atoms with van der Waals surface area (Å²) in [6.45, 7) is 1.49. The molecule has 0 aromatic rings. The van der Waals surface area contributed by atoms with Crippen molar-refractivity contribution in [3.8, 4) is 0 Å². The molecule has 0 saturated heterocycles. The van der Waals surface area contributed by atoms with Crippen molar-refractivity contribution in [2.24, 2.45) is 5.92 Å². The van der Waals surface area contributed by atoms with Gasteiger partial charge in [0.1, 0.15) is 0 Å². The summed E-state index contributed by atoms with van der Waals surface area (Å²) in [4.78, 5) is 21.7. The van der Waals surface area contributed by atoms with Crippen LogP contribution in [0.2, 0.25) is 0 Å². The minimum absolute atomic E-state index is 0.0432. The average molecular weight is 197 g/mol. The molecule has 0 bridgehead atoms. The summed E-state index contributed by atoms with van der Waals surface area (Å²) in [7, 11) is 1.38. The van der Waals surface area contributed by atoms with Crippen LogP contribution in [-0.4, -0.2) is 25.0 Å². The Morgan fingerprint density at radius 3 is 2.79 bits per heavy atom. The number of hydrogen-bond donors (Lipinski definition) is 1. The minimum Gasteiger partial charge on any atom is -0.469 e. The summed E-state index contributed by atoms with van der Waals surface area (Å²) < 4.78 is 4.57. The molecule has 78 valence electrons. The van der Waals surface area contributed by atoms with E-state index in [0.29, 0.717) is 6.42 Å². The maximum atomic E-state index is 11.0. The van der Waals surface area contributed by atoms with E-state index in [1.54, 1.807) is 0 Å². The summed E-state index contributed by atoms with van der Waals surface area (Å²) in [5.74, 6) is -0.0548. The lowest BCUT2D eigenvalue weighted by Gasteiger charge is -2.11. The van der Waals surface area contributed by atoms with Gasteiger partial charge in [0.25, 0.3) is 0 Å². The SMILES string of the molecule is COC(=O)C[C@@H]1C=C[C@H](NC(C)=O)C1. The Morgan fingerprint density at radius 2 is 2.21 bits per heavy atom. The fourth-order valence-corrected chi connectivity index (χ4v) is 1.59. The molecular formula is C10H15NO3. The van der Waals surface area contributed by atoms with Gasteiger partial charge in [-0.25, -0.2) is 0 Å². The predicted octanol–water partition coefficient (Wildman–Crippen LogP) is 0.630. The van der Waals surface area contributed by atoms with Gasteiger partial charge < -0.3 is 10.1 Å². The van der Waals surface area contributed by atoms with Crippen LogP contribution < -0.4 is 5.32 Å². The highest BCUT2D eigenvalue weighted by molar-refractivity contribution is 5.73. The number of carbonyl (C=O) groups excluding carboxylic acids is 2. The van der Waals surface area contributed by atoms with Gasteiger partial charge in [-0.2, -0.15) is 0 Å². The lowest BCUT2D eigenvalue weighted by atomic mass is 10.0. The smallest absolute Gasteiger partial charge is 0.306 e. The van der Waals surface area contributed by atoms with Crippen LogP contribution in [0.5, 0.6) is 0 Å². The van der Waals surface area contributed by atoms with E-state index in [4.69, 9.17) is 0 Å². The normalized spacial score (nSPS) is 24.7. The number of amides is 1. The lowest BCUT2D eigenvalue weighted by molar-refractivity contribution is -0.141. The topological polar surface area (TPSA) is 55.4 Å². The first kappa shape index (κ1) is 10.8. The Hall–Kier alpha value is -1.32. The molecule has 1 N–H and O–H groups in total. The first-order chi connectivity index (χ1) is 6.61. The van der Waals surface area contributed by atoms with Gasteiger partial charge in [0.2, 0.25) is 5.91 Å². The quantitative estimate of drug-likeness (QED) is 0.533. The largest absolute Gasteiger partial charge is 0.469 e. The van der Waals surface area contributed by atoms with Crippen LogP contribution in [0.3, 0.4) is 0 Å². The fourth-order valence-electron chi connectivity index (χ4n) is 1.59. The van der Waals surface area contributed by atoms with Crippen molar-refractivity contribution in [1.29, 1.82) is 0 Å². The van der Waals surface area contributed by atoms with Gasteiger partial charge in [-0.1, -0.05) is 12.2 Å². The molecule has 0 aliphatic heterocycles. The first-order valence-electron chi connectivity index (χ1n) is 4.64. The van der Waals surface area contributed by atoms with Gasteiger partial charge in [-0.3, -0.25) is 9.59 Å². The highest BCUT2D eigenvalue weighted by atomic mass is 16.5. The van der Waals surface area contributed by atoms with E-state index in [0.717, 1.165) is 6.42 Å². The second kappa shape index (κ2) is 4.79. The molecule has 14 heavy (non-hydrogen) atoms. The van der Waals surface area contributed by atoms with Crippen molar-refractivity contribution in [2.45, 2.75) is 25.8 Å². The Kier molecular flexibility index (Phi) is 3.68. The van der Waals surface area contributed by atoms with Gasteiger partial charge in [-0.05, 0) is 12.3 Å². The van der Waals surface area contributed by atoms with Gasteiger partial charge in [0.05, 0.1) is 13.5 Å². The zero-order valence-electron chi connectivity index (χ0n) is 8.45. The number of esters is 1. The van der Waals surface area contributed by atoms with Crippen molar-refractivity contribution < 1.29 is 14.3 Å². The second-order valence-electron chi connectivity index (χ2n) is 3.47. The predicted molar refractivity (Wildman–Crippen MR) is 51.5 cm³/mol. The van der Waals surface area contributed by atoms with Gasteiger partial charge in [0.15, 0.2) is 0 Å². The third-order valence-corrected chi connectivity index (χ3v) is 2.22. The monoisotopic (exact) mass is 197 g/mol. The number of rotatable bonds is 3. The molecule has 2 atom stereocenters. The van der Waals surface area contributed by atoms with Gasteiger partial charge in [-0.15, -0.1) is 0 Å². The molecule has 4 nitrogen and oxygen atoms in total. The van der Waals surface area contributed by atoms with Crippen LogP contribution in [0.1, 0.15) is 19.8 Å². The van der Waals surface area contributed by atoms with Crippen molar-refractivity contribution >= 4 is 11.9 Å². The van der Waals surface area contributed by atoms with Crippen LogP contribution in [-0.2, 0) is 14.3 Å². The molecule has 1 rings (SSSR count). The number of methoxy groups -OCH3 is 1. The van der Waals surface area contributed by atoms with Crippen LogP contribution in [0.15, 0.2) is 12.2 Å². The molecule has 4 heteroatoms. The number of nitrogens with one attached hydrogen (secondary N) is 1.